The Morgan fingerprint density at radius 1 is 1.03 bits per heavy atom. The molecule has 6 nitrogen and oxygen atoms in total. The van der Waals surface area contributed by atoms with Gasteiger partial charge in [0.05, 0.1) is 15.6 Å². The molecule has 0 aliphatic heterocycles. The van der Waals surface area contributed by atoms with Crippen LogP contribution in [0.15, 0.2) is 71.6 Å². The summed E-state index contributed by atoms with van der Waals surface area (Å²) in [6.07, 6.45) is -0.335. The molecule has 32 heavy (non-hydrogen) atoms. The number of sulfonamides is 1. The van der Waals surface area contributed by atoms with Gasteiger partial charge in [-0.15, -0.1) is 0 Å². The molecule has 0 spiro atoms. The summed E-state index contributed by atoms with van der Waals surface area (Å²) in [5, 5.41) is 3.58. The van der Waals surface area contributed by atoms with Gasteiger partial charge in [0, 0.05) is 10.7 Å². The fourth-order valence-electron chi connectivity index (χ4n) is 2.86. The van der Waals surface area contributed by atoms with Gasteiger partial charge in [-0.25, -0.2) is 8.42 Å². The third-order valence-corrected chi connectivity index (χ3v) is 6.57. The quantitative estimate of drug-likeness (QED) is 0.409. The van der Waals surface area contributed by atoms with Gasteiger partial charge in [0.15, 0.2) is 6.10 Å². The smallest absolute Gasteiger partial charge is 0.265 e. The molecule has 9 heteroatoms. The van der Waals surface area contributed by atoms with Gasteiger partial charge in [0.25, 0.3) is 15.9 Å². The first kappa shape index (κ1) is 23.9. The number of carbonyl (C=O) groups excluding carboxylic acids is 1. The van der Waals surface area contributed by atoms with Gasteiger partial charge in [0.1, 0.15) is 5.75 Å². The van der Waals surface area contributed by atoms with Gasteiger partial charge < -0.3 is 10.1 Å². The second kappa shape index (κ2) is 10.3. The van der Waals surface area contributed by atoms with Crippen molar-refractivity contribution in [1.82, 2.24) is 0 Å². The lowest BCUT2D eigenvalue weighted by Gasteiger charge is -2.18. The molecule has 0 fully saturated rings. The number of carbonyl (C=O) groups is 1. The Kier molecular flexibility index (Phi) is 7.66. The zero-order chi connectivity index (χ0) is 23.3. The van der Waals surface area contributed by atoms with Crippen molar-refractivity contribution in [2.75, 3.05) is 10.0 Å². The van der Waals surface area contributed by atoms with Gasteiger partial charge >= 0.3 is 0 Å². The lowest BCUT2D eigenvalue weighted by molar-refractivity contribution is -0.122. The van der Waals surface area contributed by atoms with Crippen molar-refractivity contribution in [3.8, 4) is 5.75 Å². The summed E-state index contributed by atoms with van der Waals surface area (Å²) in [6, 6.07) is 17.7. The summed E-state index contributed by atoms with van der Waals surface area (Å²) in [5.41, 5.74) is 1.58. The second-order valence-electron chi connectivity index (χ2n) is 7.02. The van der Waals surface area contributed by atoms with Gasteiger partial charge in [-0.2, -0.15) is 0 Å². The Hall–Kier alpha value is -2.74. The monoisotopic (exact) mass is 492 g/mol. The molecule has 0 radical (unpaired) electrons. The van der Waals surface area contributed by atoms with Crippen LogP contribution in [0.5, 0.6) is 5.75 Å². The third-order valence-electron chi connectivity index (χ3n) is 4.65. The van der Waals surface area contributed by atoms with E-state index in [0.29, 0.717) is 33.6 Å². The number of amides is 1. The van der Waals surface area contributed by atoms with Crippen LogP contribution < -0.4 is 14.8 Å². The highest BCUT2D eigenvalue weighted by Gasteiger charge is 2.20. The summed E-state index contributed by atoms with van der Waals surface area (Å²) in [5.74, 6) is 0.0516. The molecular weight excluding hydrogens is 471 g/mol. The van der Waals surface area contributed by atoms with Gasteiger partial charge in [-0.1, -0.05) is 48.3 Å². The zero-order valence-corrected chi connectivity index (χ0v) is 19.8. The van der Waals surface area contributed by atoms with Crippen LogP contribution in [0.25, 0.3) is 0 Å². The number of aryl methyl sites for hydroxylation is 1. The predicted octanol–water partition coefficient (Wildman–Crippen LogP) is 5.90. The highest BCUT2D eigenvalue weighted by molar-refractivity contribution is 7.92. The predicted molar refractivity (Wildman–Crippen MR) is 128 cm³/mol. The van der Waals surface area contributed by atoms with Crippen LogP contribution in [0, 0.1) is 6.92 Å². The Balaban J connectivity index is 1.70. The molecular formula is C23H22Cl2N2O4S. The fourth-order valence-corrected chi connectivity index (χ4v) is 4.34. The normalized spacial score (nSPS) is 12.1. The van der Waals surface area contributed by atoms with E-state index in [1.165, 1.54) is 24.3 Å². The summed E-state index contributed by atoms with van der Waals surface area (Å²) >= 11 is 12.1. The van der Waals surface area contributed by atoms with E-state index in [-0.39, 0.29) is 10.8 Å². The summed E-state index contributed by atoms with van der Waals surface area (Å²) in [4.78, 5) is 12.7. The van der Waals surface area contributed by atoms with Crippen molar-refractivity contribution in [3.63, 3.8) is 0 Å². The zero-order valence-electron chi connectivity index (χ0n) is 17.4. The minimum Gasteiger partial charge on any atom is -0.479 e. The number of para-hydroxylation sites is 1. The van der Waals surface area contributed by atoms with Crippen molar-refractivity contribution >= 4 is 50.5 Å². The van der Waals surface area contributed by atoms with Crippen LogP contribution in [0.1, 0.15) is 18.9 Å². The van der Waals surface area contributed by atoms with E-state index in [1.807, 2.05) is 6.92 Å². The molecule has 0 bridgehead atoms. The highest BCUT2D eigenvalue weighted by Crippen LogP contribution is 2.26. The number of anilines is 2. The second-order valence-corrected chi connectivity index (χ2v) is 9.55. The molecule has 0 saturated heterocycles. The third kappa shape index (κ3) is 5.94. The highest BCUT2D eigenvalue weighted by atomic mass is 35.5. The summed E-state index contributed by atoms with van der Waals surface area (Å²) in [7, 11) is -3.82. The molecule has 2 N–H and O–H groups in total. The largest absolute Gasteiger partial charge is 0.479 e. The van der Waals surface area contributed by atoms with Crippen LogP contribution in [0.3, 0.4) is 0 Å². The van der Waals surface area contributed by atoms with Crippen LogP contribution in [-0.4, -0.2) is 20.4 Å². The van der Waals surface area contributed by atoms with Crippen molar-refractivity contribution in [2.45, 2.75) is 31.3 Å². The number of nitrogens with one attached hydrogen (secondary N) is 2. The molecule has 0 aromatic heterocycles. The maximum absolute atomic E-state index is 12.7. The Morgan fingerprint density at radius 2 is 1.72 bits per heavy atom. The molecule has 3 aromatic rings. The maximum atomic E-state index is 12.7. The number of ether oxygens (including phenoxy) is 1. The first-order valence-electron chi connectivity index (χ1n) is 9.80. The minimum atomic E-state index is -3.82. The lowest BCUT2D eigenvalue weighted by atomic mass is 10.2. The molecule has 0 aliphatic carbocycles. The molecule has 0 aliphatic rings. The number of halogens is 2. The van der Waals surface area contributed by atoms with Crippen LogP contribution in [0.4, 0.5) is 11.4 Å². The molecule has 3 aromatic carbocycles. The van der Waals surface area contributed by atoms with Crippen LogP contribution >= 0.6 is 23.2 Å². The summed E-state index contributed by atoms with van der Waals surface area (Å²) in [6.45, 7) is 3.60. The Bertz CT molecular complexity index is 1210. The first-order valence-corrected chi connectivity index (χ1v) is 12.0. The molecule has 3 rings (SSSR count). The first-order chi connectivity index (χ1) is 15.2. The SMILES string of the molecule is CC[C@H](Oc1ccccc1Cl)C(=O)Nc1ccc(S(=O)(=O)Nc2cc(Cl)ccc2C)cc1. The van der Waals surface area contributed by atoms with Crippen molar-refractivity contribution in [3.05, 3.63) is 82.3 Å². The van der Waals surface area contributed by atoms with Gasteiger partial charge in [0.2, 0.25) is 0 Å². The molecule has 0 heterocycles. The van der Waals surface area contributed by atoms with E-state index >= 15 is 0 Å². The van der Waals surface area contributed by atoms with Gasteiger partial charge in [-0.3, -0.25) is 9.52 Å². The average Bonchev–Trinajstić information content (AvgIpc) is 2.76. The van der Waals surface area contributed by atoms with E-state index in [2.05, 4.69) is 10.0 Å². The van der Waals surface area contributed by atoms with Crippen molar-refractivity contribution in [2.24, 2.45) is 0 Å². The van der Waals surface area contributed by atoms with Crippen molar-refractivity contribution < 1.29 is 17.9 Å². The van der Waals surface area contributed by atoms with Crippen LogP contribution in [0.2, 0.25) is 10.0 Å². The molecule has 168 valence electrons. The number of hydrogen-bond acceptors (Lipinski definition) is 4. The Labute approximate surface area is 197 Å². The van der Waals surface area contributed by atoms with E-state index < -0.39 is 16.1 Å². The molecule has 1 atom stereocenters. The lowest BCUT2D eigenvalue weighted by Crippen LogP contribution is -2.32. The Morgan fingerprint density at radius 3 is 2.38 bits per heavy atom. The number of benzene rings is 3. The van der Waals surface area contributed by atoms with Crippen LogP contribution in [-0.2, 0) is 14.8 Å². The summed E-state index contributed by atoms with van der Waals surface area (Å²) < 4.78 is 33.7. The number of rotatable bonds is 8. The minimum absolute atomic E-state index is 0.0502. The molecule has 0 saturated carbocycles. The standard InChI is InChI=1S/C23H22Cl2N2O4S/c1-3-21(31-22-7-5-4-6-19(22)25)23(28)26-17-10-12-18(13-11-17)32(29,30)27-20-14-16(24)9-8-15(20)2/h4-14,21,27H,3H2,1-2H3,(H,26,28)/t21-/m0/s1. The van der Waals surface area contributed by atoms with E-state index in [0.717, 1.165) is 5.56 Å². The topological polar surface area (TPSA) is 84.5 Å². The van der Waals surface area contributed by atoms with Gasteiger partial charge in [-0.05, 0) is 67.4 Å². The fraction of sp³-hybridized carbons (Fsp3) is 0.174. The van der Waals surface area contributed by atoms with E-state index in [1.54, 1.807) is 49.4 Å². The van der Waals surface area contributed by atoms with Crippen molar-refractivity contribution in [1.29, 1.82) is 0 Å². The van der Waals surface area contributed by atoms with E-state index in [4.69, 9.17) is 27.9 Å². The van der Waals surface area contributed by atoms with E-state index in [9.17, 15) is 13.2 Å². The molecule has 0 unspecified atom stereocenters. The maximum Gasteiger partial charge on any atom is 0.265 e. The molecule has 1 amide bonds. The number of hydrogen-bond donors (Lipinski definition) is 2. The average molecular weight is 493 g/mol.